The predicted molar refractivity (Wildman–Crippen MR) is 100 cm³/mol. The maximum atomic E-state index is 12.9. The van der Waals surface area contributed by atoms with Crippen molar-refractivity contribution in [3.05, 3.63) is 57.8 Å². The van der Waals surface area contributed by atoms with E-state index in [9.17, 15) is 14.9 Å². The van der Waals surface area contributed by atoms with E-state index in [0.29, 0.717) is 29.0 Å². The number of carboxylic acids is 1. The summed E-state index contributed by atoms with van der Waals surface area (Å²) in [7, 11) is 0. The molecule has 1 atom stereocenters. The number of nitrogens with one attached hydrogen (secondary N) is 1. The number of hydrogen-bond acceptors (Lipinski definition) is 5. The summed E-state index contributed by atoms with van der Waals surface area (Å²) in [5.74, 6) is -1.49. The van der Waals surface area contributed by atoms with Crippen LogP contribution in [-0.4, -0.2) is 22.6 Å². The second-order valence-electron chi connectivity index (χ2n) is 7.34. The van der Waals surface area contributed by atoms with Gasteiger partial charge in [0.1, 0.15) is 0 Å². The van der Waals surface area contributed by atoms with Crippen molar-refractivity contribution in [1.29, 1.82) is 5.26 Å². The minimum Gasteiger partial charge on any atom is -0.481 e. The van der Waals surface area contributed by atoms with Gasteiger partial charge in [0.15, 0.2) is 5.78 Å². The van der Waals surface area contributed by atoms with Crippen LogP contribution in [0.15, 0.2) is 52.2 Å². The van der Waals surface area contributed by atoms with E-state index in [1.54, 1.807) is 0 Å². The van der Waals surface area contributed by atoms with Gasteiger partial charge in [-0.25, -0.2) is 0 Å². The van der Waals surface area contributed by atoms with E-state index in [1.165, 1.54) is 0 Å². The lowest BCUT2D eigenvalue weighted by atomic mass is 9.69. The quantitative estimate of drug-likeness (QED) is 0.844. The average Bonchev–Trinajstić information content (AvgIpc) is 2.58. The molecule has 6 heteroatoms. The molecule has 134 valence electrons. The van der Waals surface area contributed by atoms with Crippen LogP contribution < -0.4 is 5.32 Å². The summed E-state index contributed by atoms with van der Waals surface area (Å²) >= 11 is 1.09. The second kappa shape index (κ2) is 7.00. The zero-order chi connectivity index (χ0) is 18.9. The van der Waals surface area contributed by atoms with Gasteiger partial charge >= 0.3 is 5.97 Å². The van der Waals surface area contributed by atoms with Crippen LogP contribution in [-0.2, 0) is 9.59 Å². The third-order valence-electron chi connectivity index (χ3n) is 4.60. The number of carbonyl (C=O) groups excluding carboxylic acids is 1. The normalized spacial score (nSPS) is 21.7. The van der Waals surface area contributed by atoms with Crippen LogP contribution >= 0.6 is 11.8 Å². The van der Waals surface area contributed by atoms with E-state index in [4.69, 9.17) is 5.11 Å². The Morgan fingerprint density at radius 2 is 2.04 bits per heavy atom. The first-order valence-corrected chi connectivity index (χ1v) is 9.38. The van der Waals surface area contributed by atoms with E-state index in [-0.39, 0.29) is 17.0 Å². The van der Waals surface area contributed by atoms with E-state index in [1.807, 2.05) is 44.2 Å². The number of carbonyl (C=O) groups is 2. The number of nitrogens with zero attached hydrogens (tertiary/aromatic N) is 1. The summed E-state index contributed by atoms with van der Waals surface area (Å²) in [6.07, 6.45) is 1.13. The molecule has 0 bridgehead atoms. The number of Topliss-reactive ketones (excluding diaryl/α,β-unsaturated/α-hetero) is 1. The molecule has 0 saturated carbocycles. The van der Waals surface area contributed by atoms with Gasteiger partial charge in [0.05, 0.1) is 28.3 Å². The highest BCUT2D eigenvalue weighted by molar-refractivity contribution is 8.03. The monoisotopic (exact) mass is 368 g/mol. The van der Waals surface area contributed by atoms with Crippen molar-refractivity contribution in [2.24, 2.45) is 5.41 Å². The number of allylic oxidation sites excluding steroid dienone is 3. The van der Waals surface area contributed by atoms with E-state index in [0.717, 1.165) is 23.0 Å². The number of ketones is 1. The van der Waals surface area contributed by atoms with Crippen molar-refractivity contribution >= 4 is 23.5 Å². The van der Waals surface area contributed by atoms with Crippen LogP contribution in [0.4, 0.5) is 0 Å². The molecule has 26 heavy (non-hydrogen) atoms. The molecular formula is C20H20N2O3S. The Balaban J connectivity index is 2.13. The van der Waals surface area contributed by atoms with Gasteiger partial charge in [0.25, 0.3) is 0 Å². The molecule has 1 aromatic rings. The fraction of sp³-hybridized carbons (Fsp3) is 0.350. The number of aliphatic carboxylic acids is 1. The molecule has 0 fully saturated rings. The molecular weight excluding hydrogens is 348 g/mol. The van der Waals surface area contributed by atoms with Gasteiger partial charge < -0.3 is 10.4 Å². The molecule has 0 aromatic heterocycles. The van der Waals surface area contributed by atoms with Crippen LogP contribution in [0.25, 0.3) is 0 Å². The summed E-state index contributed by atoms with van der Waals surface area (Å²) in [4.78, 5) is 23.9. The van der Waals surface area contributed by atoms with E-state index in [2.05, 4.69) is 11.4 Å². The molecule has 1 aliphatic heterocycles. The number of hydrogen-bond donors (Lipinski definition) is 2. The molecule has 0 amide bonds. The lowest BCUT2D eigenvalue weighted by Crippen LogP contribution is -2.37. The Labute approximate surface area is 156 Å². The maximum Gasteiger partial charge on any atom is 0.313 e. The SMILES string of the molecule is CC1(C)CC(=O)C2=C(C1)NC(SCC(=O)O)=C(C#N)C2c1ccccc1. The maximum absolute atomic E-state index is 12.9. The van der Waals surface area contributed by atoms with Gasteiger partial charge in [-0.3, -0.25) is 9.59 Å². The molecule has 0 spiro atoms. The van der Waals surface area contributed by atoms with Crippen molar-refractivity contribution in [2.75, 3.05) is 5.75 Å². The van der Waals surface area contributed by atoms with Crippen LogP contribution in [0.3, 0.4) is 0 Å². The van der Waals surface area contributed by atoms with Crippen LogP contribution in [0.5, 0.6) is 0 Å². The van der Waals surface area contributed by atoms with Crippen molar-refractivity contribution in [2.45, 2.75) is 32.6 Å². The smallest absolute Gasteiger partial charge is 0.313 e. The summed E-state index contributed by atoms with van der Waals surface area (Å²) in [6, 6.07) is 11.7. The molecule has 1 unspecified atom stereocenters. The van der Waals surface area contributed by atoms with Crippen molar-refractivity contribution in [3.8, 4) is 6.07 Å². The number of carboxylic acid groups (broad SMARTS) is 1. The molecule has 0 radical (unpaired) electrons. The Bertz CT molecular complexity index is 863. The molecule has 1 aliphatic carbocycles. The predicted octanol–water partition coefficient (Wildman–Crippen LogP) is 3.57. The van der Waals surface area contributed by atoms with Crippen LogP contribution in [0.1, 0.15) is 38.2 Å². The van der Waals surface area contributed by atoms with Crippen molar-refractivity contribution < 1.29 is 14.7 Å². The topological polar surface area (TPSA) is 90.2 Å². The fourth-order valence-corrected chi connectivity index (χ4v) is 4.39. The van der Waals surface area contributed by atoms with Gasteiger partial charge in [0, 0.05) is 17.7 Å². The average molecular weight is 368 g/mol. The first kappa shape index (κ1) is 18.3. The molecule has 1 heterocycles. The minimum atomic E-state index is -0.947. The first-order chi connectivity index (χ1) is 12.3. The number of benzene rings is 1. The number of thioether (sulfide) groups is 1. The third kappa shape index (κ3) is 3.54. The molecule has 0 saturated heterocycles. The Hall–Kier alpha value is -2.52. The van der Waals surface area contributed by atoms with Gasteiger partial charge in [-0.15, -0.1) is 0 Å². The van der Waals surface area contributed by atoms with Crippen molar-refractivity contribution in [1.82, 2.24) is 5.32 Å². The standard InChI is InChI=1S/C20H20N2O3S/c1-20(2)8-14-18(15(23)9-20)17(12-6-4-3-5-7-12)13(10-21)19(22-14)26-11-16(24)25/h3-7,17,22H,8-9,11H2,1-2H3,(H,24,25). The Kier molecular flexibility index (Phi) is 4.92. The Morgan fingerprint density at radius 3 is 2.65 bits per heavy atom. The molecule has 2 aliphatic rings. The molecule has 1 aromatic carbocycles. The minimum absolute atomic E-state index is 0.0487. The largest absolute Gasteiger partial charge is 0.481 e. The summed E-state index contributed by atoms with van der Waals surface area (Å²) in [6.45, 7) is 4.09. The highest BCUT2D eigenvalue weighted by Crippen LogP contribution is 2.47. The van der Waals surface area contributed by atoms with Crippen molar-refractivity contribution in [3.63, 3.8) is 0 Å². The summed E-state index contributed by atoms with van der Waals surface area (Å²) < 4.78 is 0. The van der Waals surface area contributed by atoms with Crippen LogP contribution in [0.2, 0.25) is 0 Å². The highest BCUT2D eigenvalue weighted by Gasteiger charge is 2.41. The van der Waals surface area contributed by atoms with Crippen LogP contribution in [0, 0.1) is 16.7 Å². The van der Waals surface area contributed by atoms with Gasteiger partial charge in [-0.05, 0) is 17.4 Å². The first-order valence-electron chi connectivity index (χ1n) is 8.39. The second-order valence-corrected chi connectivity index (χ2v) is 8.32. The number of rotatable bonds is 4. The number of nitriles is 1. The van der Waals surface area contributed by atoms with Gasteiger partial charge in [0.2, 0.25) is 0 Å². The third-order valence-corrected chi connectivity index (χ3v) is 5.60. The lowest BCUT2D eigenvalue weighted by molar-refractivity contribution is -0.133. The molecule has 5 nitrogen and oxygen atoms in total. The van der Waals surface area contributed by atoms with E-state index >= 15 is 0 Å². The Morgan fingerprint density at radius 1 is 1.35 bits per heavy atom. The van der Waals surface area contributed by atoms with E-state index < -0.39 is 11.9 Å². The number of dihydropyridines is 1. The molecule has 3 rings (SSSR count). The van der Waals surface area contributed by atoms with Gasteiger partial charge in [-0.2, -0.15) is 5.26 Å². The summed E-state index contributed by atoms with van der Waals surface area (Å²) in [5, 5.41) is 22.6. The zero-order valence-electron chi connectivity index (χ0n) is 14.7. The zero-order valence-corrected chi connectivity index (χ0v) is 15.5. The lowest BCUT2D eigenvalue weighted by Gasteiger charge is -2.39. The fourth-order valence-electron chi connectivity index (χ4n) is 3.60. The van der Waals surface area contributed by atoms with Gasteiger partial charge in [-0.1, -0.05) is 55.9 Å². The molecule has 2 N–H and O–H groups in total. The summed E-state index contributed by atoms with van der Waals surface area (Å²) in [5.41, 5.74) is 2.57. The highest BCUT2D eigenvalue weighted by atomic mass is 32.2.